The summed E-state index contributed by atoms with van der Waals surface area (Å²) in [6.45, 7) is 3.99. The number of fused-ring (bicyclic) bond motifs is 1. The molecule has 0 aliphatic carbocycles. The molecule has 0 spiro atoms. The minimum absolute atomic E-state index is 0.0988. The molecule has 0 saturated carbocycles. The Morgan fingerprint density at radius 2 is 2.15 bits per heavy atom. The molecule has 0 fully saturated rings. The molecule has 0 radical (unpaired) electrons. The molecule has 5 nitrogen and oxygen atoms in total. The van der Waals surface area contributed by atoms with Gasteiger partial charge in [-0.1, -0.05) is 17.7 Å². The molecule has 0 amide bonds. The van der Waals surface area contributed by atoms with Crippen molar-refractivity contribution in [1.29, 1.82) is 5.26 Å². The Morgan fingerprint density at radius 3 is 2.78 bits per heavy atom. The molecule has 1 aliphatic heterocycles. The second kappa shape index (κ2) is 6.41. The van der Waals surface area contributed by atoms with Gasteiger partial charge in [0.2, 0.25) is 11.8 Å². The normalized spacial score (nSPS) is 16.0. The van der Waals surface area contributed by atoms with Gasteiger partial charge in [-0.2, -0.15) is 5.26 Å². The standard InChI is InChI=1S/C19H14ClFN4OS/c1-8-6-10(9(2)27-8)17-16-14(15-12(20)4-3-5-13(15)21)11(7-22)18(23)26-19(16)25-24-17/h3-6,14H,23H2,1-2H3,(H,24,25)/t14-/m0/s1. The van der Waals surface area contributed by atoms with E-state index in [1.807, 2.05) is 19.9 Å². The van der Waals surface area contributed by atoms with Gasteiger partial charge in [0.05, 0.1) is 17.2 Å². The summed E-state index contributed by atoms with van der Waals surface area (Å²) in [6, 6.07) is 8.47. The fraction of sp³-hybridized carbons (Fsp3) is 0.158. The van der Waals surface area contributed by atoms with E-state index in [9.17, 15) is 9.65 Å². The Balaban J connectivity index is 2.04. The highest BCUT2D eigenvalue weighted by atomic mass is 35.5. The maximum Gasteiger partial charge on any atom is 0.244 e. The van der Waals surface area contributed by atoms with Crippen LogP contribution in [0, 0.1) is 31.0 Å². The van der Waals surface area contributed by atoms with Crippen molar-refractivity contribution in [3.8, 4) is 23.2 Å². The lowest BCUT2D eigenvalue weighted by molar-refractivity contribution is 0.378. The first-order valence-electron chi connectivity index (χ1n) is 8.09. The lowest BCUT2D eigenvalue weighted by Gasteiger charge is -2.25. The van der Waals surface area contributed by atoms with Gasteiger partial charge in [-0.3, -0.25) is 5.10 Å². The van der Waals surface area contributed by atoms with Gasteiger partial charge in [0.1, 0.15) is 17.5 Å². The Hall–Kier alpha value is -2.82. The fourth-order valence-corrected chi connectivity index (χ4v) is 4.61. The summed E-state index contributed by atoms with van der Waals surface area (Å²) in [7, 11) is 0. The highest BCUT2D eigenvalue weighted by Crippen LogP contribution is 2.48. The lowest BCUT2D eigenvalue weighted by Crippen LogP contribution is -2.21. The summed E-state index contributed by atoms with van der Waals surface area (Å²) in [5.41, 5.74) is 8.34. The van der Waals surface area contributed by atoms with E-state index in [1.54, 1.807) is 17.4 Å². The van der Waals surface area contributed by atoms with Gasteiger partial charge in [-0.25, -0.2) is 4.39 Å². The number of nitrogens with two attached hydrogens (primary N) is 1. The van der Waals surface area contributed by atoms with E-state index in [0.717, 1.165) is 15.3 Å². The first-order chi connectivity index (χ1) is 12.9. The molecule has 4 rings (SSSR count). The minimum Gasteiger partial charge on any atom is -0.420 e. The number of nitrogens with one attached hydrogen (secondary N) is 1. The molecule has 3 heterocycles. The van der Waals surface area contributed by atoms with Crippen LogP contribution >= 0.6 is 22.9 Å². The van der Waals surface area contributed by atoms with Crippen molar-refractivity contribution >= 4 is 22.9 Å². The maximum atomic E-state index is 14.8. The number of allylic oxidation sites excluding steroid dienone is 1. The van der Waals surface area contributed by atoms with Crippen molar-refractivity contribution in [3.63, 3.8) is 0 Å². The number of hydrogen-bond donors (Lipinski definition) is 2. The molecule has 2 aromatic heterocycles. The summed E-state index contributed by atoms with van der Waals surface area (Å²) in [5.74, 6) is -1.23. The average Bonchev–Trinajstić information content (AvgIpc) is 3.16. The van der Waals surface area contributed by atoms with Crippen LogP contribution in [0.1, 0.15) is 26.8 Å². The lowest BCUT2D eigenvalue weighted by atomic mass is 9.82. The van der Waals surface area contributed by atoms with E-state index < -0.39 is 11.7 Å². The number of nitrogens with zero attached hydrogens (tertiary/aromatic N) is 2. The molecule has 136 valence electrons. The van der Waals surface area contributed by atoms with E-state index in [2.05, 4.69) is 16.3 Å². The first-order valence-corrected chi connectivity index (χ1v) is 9.29. The smallest absolute Gasteiger partial charge is 0.244 e. The summed E-state index contributed by atoms with van der Waals surface area (Å²) in [4.78, 5) is 2.19. The molecule has 3 aromatic rings. The fourth-order valence-electron chi connectivity index (χ4n) is 3.40. The van der Waals surface area contributed by atoms with Crippen LogP contribution < -0.4 is 10.5 Å². The molecule has 3 N–H and O–H groups in total. The zero-order chi connectivity index (χ0) is 19.3. The van der Waals surface area contributed by atoms with Crippen molar-refractivity contribution in [2.45, 2.75) is 19.8 Å². The van der Waals surface area contributed by atoms with Crippen molar-refractivity contribution in [2.75, 3.05) is 0 Å². The van der Waals surface area contributed by atoms with Crippen molar-refractivity contribution in [3.05, 3.63) is 67.4 Å². The van der Waals surface area contributed by atoms with Crippen LogP contribution in [0.3, 0.4) is 0 Å². The molecule has 0 bridgehead atoms. The number of rotatable bonds is 2. The van der Waals surface area contributed by atoms with Gasteiger partial charge in [0.25, 0.3) is 0 Å². The van der Waals surface area contributed by atoms with Crippen molar-refractivity contribution < 1.29 is 9.13 Å². The van der Waals surface area contributed by atoms with Crippen LogP contribution in [-0.2, 0) is 0 Å². The highest BCUT2D eigenvalue weighted by molar-refractivity contribution is 7.12. The van der Waals surface area contributed by atoms with Crippen molar-refractivity contribution in [1.82, 2.24) is 10.2 Å². The Bertz CT molecular complexity index is 1120. The summed E-state index contributed by atoms with van der Waals surface area (Å²) < 4.78 is 20.3. The number of benzene rings is 1. The average molecular weight is 401 g/mol. The highest BCUT2D eigenvalue weighted by Gasteiger charge is 2.38. The topological polar surface area (TPSA) is 87.7 Å². The number of ether oxygens (including phenoxy) is 1. The summed E-state index contributed by atoms with van der Waals surface area (Å²) in [6.07, 6.45) is 0. The largest absolute Gasteiger partial charge is 0.420 e. The van der Waals surface area contributed by atoms with Crippen LogP contribution in [0.2, 0.25) is 5.02 Å². The third kappa shape index (κ3) is 2.69. The van der Waals surface area contributed by atoms with Crippen molar-refractivity contribution in [2.24, 2.45) is 5.73 Å². The molecule has 1 aromatic carbocycles. The predicted octanol–water partition coefficient (Wildman–Crippen LogP) is 4.77. The van der Waals surface area contributed by atoms with Crippen LogP contribution in [0.25, 0.3) is 11.3 Å². The van der Waals surface area contributed by atoms with Gasteiger partial charge in [0.15, 0.2) is 0 Å². The van der Waals surface area contributed by atoms with Crippen LogP contribution in [-0.4, -0.2) is 10.2 Å². The monoisotopic (exact) mass is 400 g/mol. The number of halogens is 2. The molecule has 1 atom stereocenters. The minimum atomic E-state index is -0.819. The van der Waals surface area contributed by atoms with E-state index in [4.69, 9.17) is 22.1 Å². The van der Waals surface area contributed by atoms with E-state index in [-0.39, 0.29) is 27.9 Å². The Kier molecular flexibility index (Phi) is 4.17. The Labute approximate surface area is 163 Å². The molecule has 0 saturated heterocycles. The number of thiophene rings is 1. The number of nitriles is 1. The van der Waals surface area contributed by atoms with Crippen LogP contribution in [0.5, 0.6) is 5.88 Å². The van der Waals surface area contributed by atoms with E-state index in [0.29, 0.717) is 11.3 Å². The molecule has 0 unspecified atom stereocenters. The van der Waals surface area contributed by atoms with Gasteiger partial charge in [-0.05, 0) is 32.0 Å². The van der Waals surface area contributed by atoms with Gasteiger partial charge in [-0.15, -0.1) is 16.4 Å². The summed E-state index contributed by atoms with van der Waals surface area (Å²) in [5, 5.41) is 17.1. The molecule has 1 aliphatic rings. The number of H-pyrrole nitrogens is 1. The molecule has 8 heteroatoms. The van der Waals surface area contributed by atoms with Gasteiger partial charge in [0, 0.05) is 25.9 Å². The predicted molar refractivity (Wildman–Crippen MR) is 102 cm³/mol. The van der Waals surface area contributed by atoms with Gasteiger partial charge < -0.3 is 10.5 Å². The zero-order valence-electron chi connectivity index (χ0n) is 14.4. The molecular weight excluding hydrogens is 387 g/mol. The number of hydrogen-bond acceptors (Lipinski definition) is 5. The van der Waals surface area contributed by atoms with Gasteiger partial charge >= 0.3 is 0 Å². The van der Waals surface area contributed by atoms with E-state index >= 15 is 0 Å². The number of aromatic amines is 1. The summed E-state index contributed by atoms with van der Waals surface area (Å²) >= 11 is 7.96. The van der Waals surface area contributed by atoms with Crippen LogP contribution in [0.4, 0.5) is 4.39 Å². The number of aromatic nitrogens is 2. The molecule has 27 heavy (non-hydrogen) atoms. The second-order valence-corrected chi connectivity index (χ2v) is 8.07. The quantitative estimate of drug-likeness (QED) is 0.648. The zero-order valence-corrected chi connectivity index (χ0v) is 16.0. The first kappa shape index (κ1) is 17.6. The van der Waals surface area contributed by atoms with Crippen LogP contribution in [0.15, 0.2) is 35.7 Å². The second-order valence-electron chi connectivity index (χ2n) is 6.20. The maximum absolute atomic E-state index is 14.8. The third-order valence-corrected chi connectivity index (χ3v) is 5.83. The van der Waals surface area contributed by atoms with E-state index in [1.165, 1.54) is 12.1 Å². The molecular formula is C19H14ClFN4OS. The number of aryl methyl sites for hydroxylation is 2. The Morgan fingerprint density at radius 1 is 1.37 bits per heavy atom. The SMILES string of the molecule is Cc1cc(-c2[nH]nc3c2[C@H](c2c(F)cccc2Cl)C(C#N)=C(N)O3)c(C)s1. The third-order valence-electron chi connectivity index (χ3n) is 4.54.